The van der Waals surface area contributed by atoms with Gasteiger partial charge >= 0.3 is 11.7 Å². The van der Waals surface area contributed by atoms with Gasteiger partial charge in [0.15, 0.2) is 5.16 Å². The van der Waals surface area contributed by atoms with E-state index in [9.17, 15) is 9.59 Å². The van der Waals surface area contributed by atoms with Crippen molar-refractivity contribution in [2.75, 3.05) is 12.4 Å². The molecule has 3 N–H and O–H groups in total. The first-order valence-corrected chi connectivity index (χ1v) is 6.57. The minimum Gasteiger partial charge on any atom is -0.465 e. The van der Waals surface area contributed by atoms with Crippen molar-refractivity contribution in [2.24, 2.45) is 12.8 Å². The van der Waals surface area contributed by atoms with E-state index in [0.29, 0.717) is 23.9 Å². The third-order valence-corrected chi connectivity index (χ3v) is 3.46. The molecule has 102 valence electrons. The number of esters is 1. The van der Waals surface area contributed by atoms with Gasteiger partial charge in [-0.2, -0.15) is 0 Å². The van der Waals surface area contributed by atoms with Gasteiger partial charge in [0.2, 0.25) is 0 Å². The molecule has 7 nitrogen and oxygen atoms in total. The lowest BCUT2D eigenvalue weighted by molar-refractivity contribution is -0.149. The number of carbonyl (C=O) groups is 1. The minimum absolute atomic E-state index is 0.265. The lowest BCUT2D eigenvalue weighted by Crippen LogP contribution is -2.46. The average molecular weight is 274 g/mol. The van der Waals surface area contributed by atoms with Crippen LogP contribution in [0.1, 0.15) is 20.3 Å². The molecule has 0 radical (unpaired) electrons. The summed E-state index contributed by atoms with van der Waals surface area (Å²) in [6.45, 7) is 3.68. The van der Waals surface area contributed by atoms with Crippen molar-refractivity contribution in [1.29, 1.82) is 0 Å². The largest absolute Gasteiger partial charge is 0.465 e. The molecule has 1 unspecified atom stereocenters. The average Bonchev–Trinajstić information content (AvgIpc) is 2.61. The van der Waals surface area contributed by atoms with Gasteiger partial charge in [-0.05, 0) is 20.3 Å². The highest BCUT2D eigenvalue weighted by atomic mass is 32.2. The zero-order valence-corrected chi connectivity index (χ0v) is 11.5. The summed E-state index contributed by atoms with van der Waals surface area (Å²) < 4.78 is 6.29. The van der Waals surface area contributed by atoms with E-state index in [1.54, 1.807) is 20.9 Å². The summed E-state index contributed by atoms with van der Waals surface area (Å²) in [7, 11) is 1.63. The number of aromatic nitrogens is 3. The lowest BCUT2D eigenvalue weighted by atomic mass is 10.0. The topological polar surface area (TPSA) is 103 Å². The zero-order valence-electron chi connectivity index (χ0n) is 10.7. The number of nitrogens with zero attached hydrogens (tertiary/aromatic N) is 2. The van der Waals surface area contributed by atoms with Crippen molar-refractivity contribution >= 4 is 17.7 Å². The van der Waals surface area contributed by atoms with E-state index in [2.05, 4.69) is 10.2 Å². The van der Waals surface area contributed by atoms with Crippen LogP contribution in [0.15, 0.2) is 9.95 Å². The zero-order chi connectivity index (χ0) is 13.8. The van der Waals surface area contributed by atoms with Crippen LogP contribution in [0.5, 0.6) is 0 Å². The predicted molar refractivity (Wildman–Crippen MR) is 68.4 cm³/mol. The standard InChI is InChI=1S/C10H18N4O3S/c1-4-17-7(15)10(2,11)5-6-18-9-13-12-8(16)14(9)3/h4-6,11H2,1-3H3,(H,12,16). The fourth-order valence-electron chi connectivity index (χ4n) is 1.21. The number of nitrogens with one attached hydrogen (secondary N) is 1. The maximum atomic E-state index is 11.5. The van der Waals surface area contributed by atoms with Crippen LogP contribution in [0.3, 0.4) is 0 Å². The normalized spacial score (nSPS) is 14.2. The van der Waals surface area contributed by atoms with Gasteiger partial charge in [-0.1, -0.05) is 11.8 Å². The molecule has 0 bridgehead atoms. The number of ether oxygens (including phenoxy) is 1. The van der Waals surface area contributed by atoms with Crippen molar-refractivity contribution in [1.82, 2.24) is 14.8 Å². The number of thioether (sulfide) groups is 1. The van der Waals surface area contributed by atoms with E-state index in [0.717, 1.165) is 0 Å². The summed E-state index contributed by atoms with van der Waals surface area (Å²) >= 11 is 1.36. The Bertz CT molecular complexity index is 466. The quantitative estimate of drug-likeness (QED) is 0.553. The molecular weight excluding hydrogens is 256 g/mol. The third kappa shape index (κ3) is 3.61. The second-order valence-electron chi connectivity index (χ2n) is 4.11. The monoisotopic (exact) mass is 274 g/mol. The molecule has 0 fully saturated rings. The van der Waals surface area contributed by atoms with Gasteiger partial charge in [0.25, 0.3) is 0 Å². The molecule has 1 heterocycles. The van der Waals surface area contributed by atoms with Gasteiger partial charge in [-0.25, -0.2) is 9.89 Å². The Hall–Kier alpha value is -1.28. The number of aromatic amines is 1. The Kier molecular flexibility index (Phi) is 4.97. The molecule has 0 saturated heterocycles. The fourth-order valence-corrected chi connectivity index (χ4v) is 2.31. The van der Waals surface area contributed by atoms with Crippen molar-refractivity contribution < 1.29 is 9.53 Å². The fraction of sp³-hybridized carbons (Fsp3) is 0.700. The molecule has 0 aliphatic rings. The van der Waals surface area contributed by atoms with Gasteiger partial charge in [0.1, 0.15) is 5.54 Å². The first kappa shape index (κ1) is 14.8. The van der Waals surface area contributed by atoms with E-state index in [-0.39, 0.29) is 5.69 Å². The van der Waals surface area contributed by atoms with Crippen LogP contribution in [-0.4, -0.2) is 38.6 Å². The smallest absolute Gasteiger partial charge is 0.343 e. The number of H-pyrrole nitrogens is 1. The molecule has 0 saturated carbocycles. The van der Waals surface area contributed by atoms with Crippen molar-refractivity contribution in [3.05, 3.63) is 10.5 Å². The van der Waals surface area contributed by atoms with Crippen molar-refractivity contribution in [3.63, 3.8) is 0 Å². The molecule has 0 amide bonds. The Morgan fingerprint density at radius 2 is 2.33 bits per heavy atom. The Balaban J connectivity index is 2.48. The number of nitrogens with two attached hydrogens (primary N) is 1. The van der Waals surface area contributed by atoms with Crippen LogP contribution >= 0.6 is 11.8 Å². The van der Waals surface area contributed by atoms with Crippen molar-refractivity contribution in [2.45, 2.75) is 31.0 Å². The Labute approximate surface area is 109 Å². The number of hydrogen-bond acceptors (Lipinski definition) is 6. The summed E-state index contributed by atoms with van der Waals surface area (Å²) in [5.74, 6) is 0.158. The number of rotatable bonds is 6. The third-order valence-electron chi connectivity index (χ3n) is 2.43. The second-order valence-corrected chi connectivity index (χ2v) is 5.17. The molecule has 0 aromatic carbocycles. The molecule has 0 spiro atoms. The molecule has 1 aromatic heterocycles. The minimum atomic E-state index is -1.02. The lowest BCUT2D eigenvalue weighted by Gasteiger charge is -2.21. The van der Waals surface area contributed by atoms with Crippen LogP contribution in [0.2, 0.25) is 0 Å². The van der Waals surface area contributed by atoms with Crippen LogP contribution in [0, 0.1) is 0 Å². The van der Waals surface area contributed by atoms with Gasteiger partial charge < -0.3 is 10.5 Å². The van der Waals surface area contributed by atoms with Gasteiger partial charge in [0.05, 0.1) is 6.61 Å². The molecule has 0 aliphatic heterocycles. The highest BCUT2D eigenvalue weighted by Crippen LogP contribution is 2.18. The highest BCUT2D eigenvalue weighted by Gasteiger charge is 2.29. The first-order valence-electron chi connectivity index (χ1n) is 5.58. The molecular formula is C10H18N4O3S. The molecule has 1 aromatic rings. The maximum Gasteiger partial charge on any atom is 0.343 e. The summed E-state index contributed by atoms with van der Waals surface area (Å²) in [6.07, 6.45) is 0.442. The van der Waals surface area contributed by atoms with E-state index >= 15 is 0 Å². The SMILES string of the molecule is CCOC(=O)C(C)(N)CCSc1n[nH]c(=O)n1C. The van der Waals surface area contributed by atoms with E-state index in [1.807, 2.05) is 0 Å². The molecule has 0 aliphatic carbocycles. The van der Waals surface area contributed by atoms with Gasteiger partial charge in [-0.15, -0.1) is 5.10 Å². The Morgan fingerprint density at radius 3 is 2.83 bits per heavy atom. The van der Waals surface area contributed by atoms with Crippen LogP contribution in [0.25, 0.3) is 0 Å². The Morgan fingerprint density at radius 1 is 1.67 bits per heavy atom. The van der Waals surface area contributed by atoms with E-state index in [1.165, 1.54) is 16.3 Å². The van der Waals surface area contributed by atoms with Gasteiger partial charge in [-0.3, -0.25) is 9.36 Å². The predicted octanol–water partition coefficient (Wildman–Crippen LogP) is -0.129. The molecule has 8 heteroatoms. The summed E-state index contributed by atoms with van der Waals surface area (Å²) in [6, 6.07) is 0. The molecule has 1 rings (SSSR count). The van der Waals surface area contributed by atoms with Crippen molar-refractivity contribution in [3.8, 4) is 0 Å². The van der Waals surface area contributed by atoms with E-state index < -0.39 is 11.5 Å². The number of hydrogen-bond donors (Lipinski definition) is 2. The summed E-state index contributed by atoms with van der Waals surface area (Å²) in [5, 5.41) is 6.76. The maximum absolute atomic E-state index is 11.5. The number of carbonyl (C=O) groups excluding carboxylic acids is 1. The highest BCUT2D eigenvalue weighted by molar-refractivity contribution is 7.99. The summed E-state index contributed by atoms with van der Waals surface area (Å²) in [5.41, 5.74) is 4.59. The van der Waals surface area contributed by atoms with Crippen LogP contribution < -0.4 is 11.4 Å². The molecule has 18 heavy (non-hydrogen) atoms. The summed E-state index contributed by atoms with van der Waals surface area (Å²) in [4.78, 5) is 22.7. The van der Waals surface area contributed by atoms with Gasteiger partial charge in [0, 0.05) is 12.8 Å². The van der Waals surface area contributed by atoms with Crippen LogP contribution in [-0.2, 0) is 16.6 Å². The second kappa shape index (κ2) is 6.05. The first-order chi connectivity index (χ1) is 8.38. The van der Waals surface area contributed by atoms with E-state index in [4.69, 9.17) is 10.5 Å². The van der Waals surface area contributed by atoms with Crippen LogP contribution in [0.4, 0.5) is 0 Å². The molecule has 1 atom stereocenters.